The molecule has 1 aliphatic rings. The molecule has 18 heavy (non-hydrogen) atoms. The molecule has 0 saturated carbocycles. The van der Waals surface area contributed by atoms with Gasteiger partial charge in [-0.2, -0.15) is 0 Å². The van der Waals surface area contributed by atoms with Crippen molar-refractivity contribution < 1.29 is 4.74 Å². The van der Waals surface area contributed by atoms with E-state index in [1.807, 2.05) is 0 Å². The second-order valence-corrected chi connectivity index (χ2v) is 5.23. The number of nitrogens with zero attached hydrogens (tertiary/aromatic N) is 1. The molecule has 0 bridgehead atoms. The van der Waals surface area contributed by atoms with E-state index in [9.17, 15) is 9.59 Å². The van der Waals surface area contributed by atoms with E-state index in [2.05, 4.69) is 20.9 Å². The van der Waals surface area contributed by atoms with Crippen LogP contribution in [0.4, 0.5) is 0 Å². The maximum absolute atomic E-state index is 12.4. The van der Waals surface area contributed by atoms with Gasteiger partial charge in [0.05, 0.1) is 23.6 Å². The molecule has 0 aliphatic carbocycles. The Kier molecular flexibility index (Phi) is 2.83. The number of aromatic nitrogens is 2. The van der Waals surface area contributed by atoms with Crippen LogP contribution in [0.25, 0.3) is 10.9 Å². The van der Waals surface area contributed by atoms with Crippen molar-refractivity contribution >= 4 is 26.8 Å². The Morgan fingerprint density at radius 3 is 2.94 bits per heavy atom. The maximum Gasteiger partial charge on any atom is 0.329 e. The number of halogens is 1. The maximum atomic E-state index is 12.4. The molecule has 1 saturated heterocycles. The molecule has 1 aromatic heterocycles. The largest absolute Gasteiger partial charge is 0.379 e. The van der Waals surface area contributed by atoms with Gasteiger partial charge in [0.2, 0.25) is 0 Å². The van der Waals surface area contributed by atoms with Gasteiger partial charge in [0.25, 0.3) is 5.56 Å². The highest BCUT2D eigenvalue weighted by atomic mass is 79.9. The Morgan fingerprint density at radius 1 is 1.39 bits per heavy atom. The van der Waals surface area contributed by atoms with E-state index in [0.29, 0.717) is 30.5 Å². The SMILES string of the molecule is O=c1[nH]c2ccc(Br)cc2c(=O)n1C1CCOC1. The van der Waals surface area contributed by atoms with E-state index in [0.717, 1.165) is 4.47 Å². The number of benzene rings is 1. The van der Waals surface area contributed by atoms with Gasteiger partial charge in [-0.3, -0.25) is 9.36 Å². The molecule has 0 amide bonds. The number of ether oxygens (including phenoxy) is 1. The van der Waals surface area contributed by atoms with Gasteiger partial charge >= 0.3 is 5.69 Å². The lowest BCUT2D eigenvalue weighted by Crippen LogP contribution is -2.38. The van der Waals surface area contributed by atoms with Crippen molar-refractivity contribution in [3.63, 3.8) is 0 Å². The van der Waals surface area contributed by atoms with Gasteiger partial charge in [-0.15, -0.1) is 0 Å². The Bertz CT molecular complexity index is 713. The van der Waals surface area contributed by atoms with Crippen LogP contribution in [0.5, 0.6) is 0 Å². The van der Waals surface area contributed by atoms with Crippen LogP contribution in [0, 0.1) is 0 Å². The second kappa shape index (κ2) is 4.37. The summed E-state index contributed by atoms with van der Waals surface area (Å²) in [6, 6.07) is 5.07. The van der Waals surface area contributed by atoms with Crippen molar-refractivity contribution in [2.45, 2.75) is 12.5 Å². The number of H-pyrrole nitrogens is 1. The van der Waals surface area contributed by atoms with E-state index in [-0.39, 0.29) is 17.3 Å². The number of aromatic amines is 1. The average Bonchev–Trinajstić information content (AvgIpc) is 2.84. The van der Waals surface area contributed by atoms with Crippen LogP contribution < -0.4 is 11.2 Å². The molecule has 0 spiro atoms. The first-order valence-corrected chi connectivity index (χ1v) is 6.48. The summed E-state index contributed by atoms with van der Waals surface area (Å²) in [7, 11) is 0. The zero-order valence-electron chi connectivity index (χ0n) is 9.48. The standard InChI is InChI=1S/C12H11BrN2O3/c13-7-1-2-10-9(5-7)11(16)15(12(17)14-10)8-3-4-18-6-8/h1-2,5,8H,3-4,6H2,(H,14,17). The van der Waals surface area contributed by atoms with Crippen molar-refractivity contribution in [2.75, 3.05) is 13.2 Å². The van der Waals surface area contributed by atoms with E-state index in [4.69, 9.17) is 4.74 Å². The Hall–Kier alpha value is -1.40. The smallest absolute Gasteiger partial charge is 0.329 e. The summed E-state index contributed by atoms with van der Waals surface area (Å²) < 4.78 is 7.31. The zero-order valence-corrected chi connectivity index (χ0v) is 11.1. The Balaban J connectivity index is 2.32. The third-order valence-electron chi connectivity index (χ3n) is 3.16. The number of nitrogens with one attached hydrogen (secondary N) is 1. The fraction of sp³-hybridized carbons (Fsp3) is 0.333. The minimum atomic E-state index is -0.370. The first kappa shape index (κ1) is 11.7. The number of fused-ring (bicyclic) bond motifs is 1. The highest BCUT2D eigenvalue weighted by Crippen LogP contribution is 2.17. The second-order valence-electron chi connectivity index (χ2n) is 4.31. The van der Waals surface area contributed by atoms with Crippen LogP contribution in [0.2, 0.25) is 0 Å². The molecule has 1 atom stereocenters. The number of hydrogen-bond donors (Lipinski definition) is 1. The molecule has 3 rings (SSSR count). The van der Waals surface area contributed by atoms with Crippen LogP contribution in [-0.2, 0) is 4.74 Å². The number of rotatable bonds is 1. The predicted octanol–water partition coefficient (Wildman–Crippen LogP) is 1.41. The highest BCUT2D eigenvalue weighted by molar-refractivity contribution is 9.10. The van der Waals surface area contributed by atoms with Crippen LogP contribution in [0.1, 0.15) is 12.5 Å². The third-order valence-corrected chi connectivity index (χ3v) is 3.66. The van der Waals surface area contributed by atoms with Gasteiger partial charge in [-0.05, 0) is 24.6 Å². The molecule has 1 unspecified atom stereocenters. The van der Waals surface area contributed by atoms with Crippen LogP contribution in [0.3, 0.4) is 0 Å². The summed E-state index contributed by atoms with van der Waals surface area (Å²) in [4.78, 5) is 27.1. The molecule has 5 nitrogen and oxygen atoms in total. The van der Waals surface area contributed by atoms with Crippen molar-refractivity contribution in [2.24, 2.45) is 0 Å². The number of hydrogen-bond acceptors (Lipinski definition) is 3. The first-order valence-electron chi connectivity index (χ1n) is 5.68. The molecular formula is C12H11BrN2O3. The van der Waals surface area contributed by atoms with E-state index in [1.54, 1.807) is 18.2 Å². The predicted molar refractivity (Wildman–Crippen MR) is 71.0 cm³/mol. The monoisotopic (exact) mass is 310 g/mol. The summed E-state index contributed by atoms with van der Waals surface area (Å²) in [6.07, 6.45) is 0.697. The molecule has 1 fully saturated rings. The van der Waals surface area contributed by atoms with Crippen LogP contribution >= 0.6 is 15.9 Å². The topological polar surface area (TPSA) is 64.1 Å². The molecular weight excluding hydrogens is 300 g/mol. The Labute approximate surface area is 111 Å². The zero-order chi connectivity index (χ0) is 12.7. The molecule has 2 aromatic rings. The lowest BCUT2D eigenvalue weighted by molar-refractivity contribution is 0.185. The van der Waals surface area contributed by atoms with Gasteiger partial charge in [0, 0.05) is 11.1 Å². The summed E-state index contributed by atoms with van der Waals surface area (Å²) in [5, 5.41) is 0.510. The molecule has 6 heteroatoms. The lowest BCUT2D eigenvalue weighted by Gasteiger charge is -2.11. The van der Waals surface area contributed by atoms with Gasteiger partial charge in [0.15, 0.2) is 0 Å². The van der Waals surface area contributed by atoms with E-state index < -0.39 is 0 Å². The third kappa shape index (κ3) is 1.81. The molecule has 1 N–H and O–H groups in total. The minimum Gasteiger partial charge on any atom is -0.379 e. The molecule has 2 heterocycles. The first-order chi connectivity index (χ1) is 8.66. The van der Waals surface area contributed by atoms with E-state index >= 15 is 0 Å². The molecule has 94 valence electrons. The summed E-state index contributed by atoms with van der Waals surface area (Å²) in [5.41, 5.74) is -0.0702. The fourth-order valence-corrected chi connectivity index (χ4v) is 2.62. The quantitative estimate of drug-likeness (QED) is 0.866. The minimum absolute atomic E-state index is 0.162. The van der Waals surface area contributed by atoms with Crippen molar-refractivity contribution in [3.8, 4) is 0 Å². The van der Waals surface area contributed by atoms with Gasteiger partial charge in [0.1, 0.15) is 0 Å². The van der Waals surface area contributed by atoms with Crippen molar-refractivity contribution in [3.05, 3.63) is 43.5 Å². The van der Waals surface area contributed by atoms with Gasteiger partial charge in [-0.1, -0.05) is 15.9 Å². The fourth-order valence-electron chi connectivity index (χ4n) is 2.26. The molecule has 1 aliphatic heterocycles. The summed E-state index contributed by atoms with van der Waals surface area (Å²) in [6.45, 7) is 1.01. The van der Waals surface area contributed by atoms with Gasteiger partial charge < -0.3 is 9.72 Å². The lowest BCUT2D eigenvalue weighted by atomic mass is 10.2. The Morgan fingerprint density at radius 2 is 2.22 bits per heavy atom. The van der Waals surface area contributed by atoms with Crippen LogP contribution in [-0.4, -0.2) is 22.8 Å². The average molecular weight is 311 g/mol. The summed E-state index contributed by atoms with van der Waals surface area (Å²) >= 11 is 3.33. The molecule has 0 radical (unpaired) electrons. The van der Waals surface area contributed by atoms with Crippen LogP contribution in [0.15, 0.2) is 32.3 Å². The van der Waals surface area contributed by atoms with E-state index in [1.165, 1.54) is 4.57 Å². The molecule has 1 aromatic carbocycles. The highest BCUT2D eigenvalue weighted by Gasteiger charge is 2.21. The normalized spacial score (nSPS) is 19.5. The van der Waals surface area contributed by atoms with Crippen molar-refractivity contribution in [1.29, 1.82) is 0 Å². The summed E-state index contributed by atoms with van der Waals surface area (Å²) in [5.74, 6) is 0. The van der Waals surface area contributed by atoms with Crippen molar-refractivity contribution in [1.82, 2.24) is 9.55 Å². The van der Waals surface area contributed by atoms with Gasteiger partial charge in [-0.25, -0.2) is 4.79 Å².